The molecule has 0 saturated carbocycles. The molecular formula is C14H15ClFN3. The molecule has 0 bridgehead atoms. The van der Waals surface area contributed by atoms with Gasteiger partial charge in [0.05, 0.1) is 5.02 Å². The molecule has 1 unspecified atom stereocenters. The second kappa shape index (κ2) is 6.61. The molecule has 1 heterocycles. The average molecular weight is 280 g/mol. The van der Waals surface area contributed by atoms with Crippen molar-refractivity contribution in [2.75, 3.05) is 0 Å². The zero-order valence-corrected chi connectivity index (χ0v) is 11.1. The van der Waals surface area contributed by atoms with Crippen LogP contribution >= 0.6 is 11.6 Å². The highest BCUT2D eigenvalue weighted by Gasteiger charge is 2.13. The van der Waals surface area contributed by atoms with Gasteiger partial charge in [0, 0.05) is 18.4 Å². The lowest BCUT2D eigenvalue weighted by Crippen LogP contribution is -2.38. The molecule has 0 aliphatic heterocycles. The van der Waals surface area contributed by atoms with Crippen LogP contribution in [0.1, 0.15) is 11.1 Å². The van der Waals surface area contributed by atoms with Crippen LogP contribution in [-0.4, -0.2) is 11.0 Å². The maximum Gasteiger partial charge on any atom is 0.145 e. The van der Waals surface area contributed by atoms with Gasteiger partial charge in [-0.15, -0.1) is 0 Å². The maximum absolute atomic E-state index is 13.8. The van der Waals surface area contributed by atoms with Gasteiger partial charge in [-0.05, 0) is 36.1 Å². The summed E-state index contributed by atoms with van der Waals surface area (Å²) in [6.07, 6.45) is 4.64. The van der Waals surface area contributed by atoms with Crippen molar-refractivity contribution >= 4 is 11.6 Å². The molecule has 0 radical (unpaired) electrons. The lowest BCUT2D eigenvalue weighted by Gasteiger charge is -2.16. The summed E-state index contributed by atoms with van der Waals surface area (Å²) in [5.41, 5.74) is 4.31. The lowest BCUT2D eigenvalue weighted by molar-refractivity contribution is 0.506. The number of nitrogens with zero attached hydrogens (tertiary/aromatic N) is 1. The molecule has 2 rings (SSSR count). The largest absolute Gasteiger partial charge is 0.271 e. The van der Waals surface area contributed by atoms with Gasteiger partial charge in [0.15, 0.2) is 0 Å². The second-order valence-corrected chi connectivity index (χ2v) is 4.75. The van der Waals surface area contributed by atoms with Crippen molar-refractivity contribution in [2.24, 2.45) is 5.84 Å². The van der Waals surface area contributed by atoms with Crippen LogP contribution in [0.25, 0.3) is 0 Å². The van der Waals surface area contributed by atoms with Crippen LogP contribution in [0.15, 0.2) is 42.7 Å². The topological polar surface area (TPSA) is 50.9 Å². The van der Waals surface area contributed by atoms with Crippen LogP contribution in [0.5, 0.6) is 0 Å². The van der Waals surface area contributed by atoms with Crippen LogP contribution in [0, 0.1) is 5.82 Å². The van der Waals surface area contributed by atoms with Gasteiger partial charge in [0.1, 0.15) is 5.82 Å². The normalized spacial score (nSPS) is 12.4. The summed E-state index contributed by atoms with van der Waals surface area (Å²) in [6.45, 7) is 0. The Kier molecular flexibility index (Phi) is 4.85. The van der Waals surface area contributed by atoms with E-state index in [2.05, 4.69) is 10.4 Å². The predicted molar refractivity (Wildman–Crippen MR) is 74.2 cm³/mol. The molecule has 0 aliphatic carbocycles. The standard InChI is InChI=1S/C14H15ClFN3/c15-13-5-1-4-11(14(13)16)8-12(19-17)7-10-3-2-6-18-9-10/h1-6,9,12,19H,7-8,17H2. The van der Waals surface area contributed by atoms with E-state index in [4.69, 9.17) is 17.4 Å². The van der Waals surface area contributed by atoms with E-state index in [1.165, 1.54) is 6.07 Å². The highest BCUT2D eigenvalue weighted by Crippen LogP contribution is 2.19. The predicted octanol–water partition coefficient (Wildman–Crippen LogP) is 2.49. The van der Waals surface area contributed by atoms with E-state index >= 15 is 0 Å². The lowest BCUT2D eigenvalue weighted by atomic mass is 10.00. The zero-order valence-electron chi connectivity index (χ0n) is 10.3. The minimum Gasteiger partial charge on any atom is -0.271 e. The van der Waals surface area contributed by atoms with Crippen molar-refractivity contribution in [1.29, 1.82) is 0 Å². The van der Waals surface area contributed by atoms with Gasteiger partial charge in [0.2, 0.25) is 0 Å². The smallest absolute Gasteiger partial charge is 0.145 e. The summed E-state index contributed by atoms with van der Waals surface area (Å²) < 4.78 is 13.8. The van der Waals surface area contributed by atoms with E-state index in [0.717, 1.165) is 5.56 Å². The zero-order chi connectivity index (χ0) is 13.7. The molecule has 0 aliphatic rings. The van der Waals surface area contributed by atoms with Gasteiger partial charge in [0.25, 0.3) is 0 Å². The fourth-order valence-electron chi connectivity index (χ4n) is 1.96. The van der Waals surface area contributed by atoms with Gasteiger partial charge in [-0.1, -0.05) is 29.8 Å². The quantitative estimate of drug-likeness (QED) is 0.653. The highest BCUT2D eigenvalue weighted by atomic mass is 35.5. The number of hydrogen-bond donors (Lipinski definition) is 2. The molecule has 100 valence electrons. The first-order valence-electron chi connectivity index (χ1n) is 5.98. The van der Waals surface area contributed by atoms with Gasteiger partial charge in [-0.25, -0.2) is 4.39 Å². The third kappa shape index (κ3) is 3.73. The molecule has 1 aromatic carbocycles. The monoisotopic (exact) mass is 279 g/mol. The first-order valence-corrected chi connectivity index (χ1v) is 6.36. The SMILES string of the molecule is NNC(Cc1cccnc1)Cc1cccc(Cl)c1F. The number of pyridine rings is 1. The van der Waals surface area contributed by atoms with E-state index in [1.54, 1.807) is 24.5 Å². The number of rotatable bonds is 5. The summed E-state index contributed by atoms with van der Waals surface area (Å²) in [7, 11) is 0. The van der Waals surface area contributed by atoms with E-state index in [9.17, 15) is 4.39 Å². The Bertz CT molecular complexity index is 533. The minimum absolute atomic E-state index is 0.0721. The molecule has 0 fully saturated rings. The summed E-state index contributed by atoms with van der Waals surface area (Å²) >= 11 is 5.76. The van der Waals surface area contributed by atoms with Gasteiger partial charge >= 0.3 is 0 Å². The molecule has 19 heavy (non-hydrogen) atoms. The van der Waals surface area contributed by atoms with E-state index in [1.807, 2.05) is 12.1 Å². The van der Waals surface area contributed by atoms with Gasteiger partial charge < -0.3 is 0 Å². The molecule has 0 saturated heterocycles. The Morgan fingerprint density at radius 3 is 2.79 bits per heavy atom. The fourth-order valence-corrected chi connectivity index (χ4v) is 2.16. The molecule has 2 aromatic rings. The number of nitrogens with two attached hydrogens (primary N) is 1. The molecule has 3 nitrogen and oxygen atoms in total. The Morgan fingerprint density at radius 1 is 1.26 bits per heavy atom. The third-order valence-electron chi connectivity index (χ3n) is 2.94. The molecular weight excluding hydrogens is 265 g/mol. The third-order valence-corrected chi connectivity index (χ3v) is 3.23. The number of hydrogen-bond acceptors (Lipinski definition) is 3. The minimum atomic E-state index is -0.379. The molecule has 3 N–H and O–H groups in total. The molecule has 1 atom stereocenters. The fraction of sp³-hybridized carbons (Fsp3) is 0.214. The maximum atomic E-state index is 13.8. The van der Waals surface area contributed by atoms with Crippen molar-refractivity contribution in [3.05, 3.63) is 64.7 Å². The Labute approximate surface area is 116 Å². The van der Waals surface area contributed by atoms with Gasteiger partial charge in [-0.2, -0.15) is 0 Å². The van der Waals surface area contributed by atoms with Crippen LogP contribution < -0.4 is 11.3 Å². The first kappa shape index (κ1) is 13.9. The second-order valence-electron chi connectivity index (χ2n) is 4.35. The van der Waals surface area contributed by atoms with Crippen molar-refractivity contribution in [2.45, 2.75) is 18.9 Å². The van der Waals surface area contributed by atoms with Crippen molar-refractivity contribution < 1.29 is 4.39 Å². The Hall–Kier alpha value is -1.49. The highest BCUT2D eigenvalue weighted by molar-refractivity contribution is 6.30. The Morgan fingerprint density at radius 2 is 2.11 bits per heavy atom. The average Bonchev–Trinajstić information content (AvgIpc) is 2.44. The summed E-state index contributed by atoms with van der Waals surface area (Å²) in [5.74, 6) is 5.15. The first-order chi connectivity index (χ1) is 9.20. The number of nitrogens with one attached hydrogen (secondary N) is 1. The molecule has 5 heteroatoms. The summed E-state index contributed by atoms with van der Waals surface area (Å²) in [5, 5.41) is 0.134. The number of benzene rings is 1. The van der Waals surface area contributed by atoms with Crippen LogP contribution in [0.2, 0.25) is 5.02 Å². The molecule has 1 aromatic heterocycles. The number of halogens is 2. The van der Waals surface area contributed by atoms with E-state index in [-0.39, 0.29) is 16.9 Å². The van der Waals surface area contributed by atoms with Crippen molar-refractivity contribution in [3.63, 3.8) is 0 Å². The van der Waals surface area contributed by atoms with Crippen LogP contribution in [0.4, 0.5) is 4.39 Å². The van der Waals surface area contributed by atoms with Crippen LogP contribution in [-0.2, 0) is 12.8 Å². The molecule has 0 amide bonds. The summed E-state index contributed by atoms with van der Waals surface area (Å²) in [4.78, 5) is 4.05. The number of hydrazine groups is 1. The molecule has 0 spiro atoms. The van der Waals surface area contributed by atoms with Crippen molar-refractivity contribution in [3.8, 4) is 0 Å². The van der Waals surface area contributed by atoms with E-state index in [0.29, 0.717) is 18.4 Å². The van der Waals surface area contributed by atoms with Gasteiger partial charge in [-0.3, -0.25) is 16.3 Å². The Balaban J connectivity index is 2.09. The number of aromatic nitrogens is 1. The summed E-state index contributed by atoms with van der Waals surface area (Å²) in [6, 6.07) is 8.74. The van der Waals surface area contributed by atoms with Crippen LogP contribution in [0.3, 0.4) is 0 Å². The van der Waals surface area contributed by atoms with Crippen molar-refractivity contribution in [1.82, 2.24) is 10.4 Å². The van der Waals surface area contributed by atoms with E-state index < -0.39 is 0 Å².